The van der Waals surface area contributed by atoms with Crippen molar-refractivity contribution in [3.63, 3.8) is 0 Å². The zero-order chi connectivity index (χ0) is 25.4. The fraction of sp³-hybridized carbons (Fsp3) is 0.310. The number of benzene rings is 3. The Morgan fingerprint density at radius 2 is 1.47 bits per heavy atom. The molecule has 0 aromatic heterocycles. The van der Waals surface area contributed by atoms with Crippen molar-refractivity contribution in [2.45, 2.75) is 32.4 Å². The van der Waals surface area contributed by atoms with Crippen LogP contribution >= 0.6 is 0 Å². The van der Waals surface area contributed by atoms with E-state index in [4.69, 9.17) is 0 Å². The van der Waals surface area contributed by atoms with Gasteiger partial charge in [-0.25, -0.2) is 13.2 Å². The van der Waals surface area contributed by atoms with Crippen LogP contribution in [0, 0.1) is 22.9 Å². The highest BCUT2D eigenvalue weighted by molar-refractivity contribution is 5.97. The Kier molecular flexibility index (Phi) is 6.43. The maximum absolute atomic E-state index is 14.4. The first-order chi connectivity index (χ1) is 17.3. The molecule has 3 aromatic carbocycles. The number of likely N-dealkylation sites (tertiary alicyclic amines) is 2. The van der Waals surface area contributed by atoms with Crippen molar-refractivity contribution in [1.29, 1.82) is 0 Å². The summed E-state index contributed by atoms with van der Waals surface area (Å²) in [7, 11) is 0. The Bertz CT molecular complexity index is 1280. The molecule has 1 spiro atoms. The van der Waals surface area contributed by atoms with E-state index in [1.165, 1.54) is 31.2 Å². The quantitative estimate of drug-likeness (QED) is 0.424. The molecule has 2 fully saturated rings. The highest BCUT2D eigenvalue weighted by Crippen LogP contribution is 2.55. The second-order valence-corrected chi connectivity index (χ2v) is 9.88. The van der Waals surface area contributed by atoms with Crippen molar-refractivity contribution in [1.82, 2.24) is 9.80 Å². The van der Waals surface area contributed by atoms with Crippen molar-refractivity contribution >= 4 is 11.7 Å². The van der Waals surface area contributed by atoms with Crippen LogP contribution in [0.3, 0.4) is 0 Å². The smallest absolute Gasteiger partial charge is 0.253 e. The predicted molar refractivity (Wildman–Crippen MR) is 130 cm³/mol. The van der Waals surface area contributed by atoms with Crippen LogP contribution in [-0.2, 0) is 6.54 Å². The number of carbonyl (C=O) groups excluding carboxylic acids is 2. The van der Waals surface area contributed by atoms with E-state index in [-0.39, 0.29) is 29.0 Å². The zero-order valence-corrected chi connectivity index (χ0v) is 20.0. The summed E-state index contributed by atoms with van der Waals surface area (Å²) in [6.07, 6.45) is 1.52. The van der Waals surface area contributed by atoms with Crippen LogP contribution in [0.25, 0.3) is 0 Å². The third-order valence-electron chi connectivity index (χ3n) is 7.62. The van der Waals surface area contributed by atoms with E-state index in [1.807, 2.05) is 4.90 Å². The molecular weight excluding hydrogens is 465 g/mol. The van der Waals surface area contributed by atoms with E-state index >= 15 is 0 Å². The lowest BCUT2D eigenvalue weighted by Crippen LogP contribution is -2.62. The lowest BCUT2D eigenvalue weighted by Gasteiger charge is -2.61. The van der Waals surface area contributed by atoms with Gasteiger partial charge in [-0.05, 0) is 55.7 Å². The number of ketones is 1. The molecule has 7 heteroatoms. The average Bonchev–Trinajstić information content (AvgIpc) is 2.86. The third-order valence-corrected chi connectivity index (χ3v) is 7.62. The summed E-state index contributed by atoms with van der Waals surface area (Å²) in [6, 6.07) is 16.7. The van der Waals surface area contributed by atoms with E-state index in [0.29, 0.717) is 42.9 Å². The van der Waals surface area contributed by atoms with Crippen molar-refractivity contribution in [3.8, 4) is 0 Å². The fourth-order valence-corrected chi connectivity index (χ4v) is 5.70. The SMILES string of the molecule is CC(=O)c1ccc(C(=O)N2CCC3(CC2)CN(Cc2ccc(F)cc2F)C3c2ccc(F)cc2)cc1. The van der Waals surface area contributed by atoms with E-state index in [1.54, 1.807) is 36.4 Å². The van der Waals surface area contributed by atoms with Crippen molar-refractivity contribution < 1.29 is 22.8 Å². The van der Waals surface area contributed by atoms with E-state index < -0.39 is 11.6 Å². The Balaban J connectivity index is 1.33. The molecule has 0 bridgehead atoms. The second kappa shape index (κ2) is 9.54. The normalized spacial score (nSPS) is 19.2. The molecule has 4 nitrogen and oxygen atoms in total. The van der Waals surface area contributed by atoms with Gasteiger partial charge in [0, 0.05) is 60.4 Å². The minimum atomic E-state index is -0.612. The highest BCUT2D eigenvalue weighted by atomic mass is 19.1. The first-order valence-electron chi connectivity index (χ1n) is 12.1. The molecule has 3 aromatic rings. The third kappa shape index (κ3) is 4.55. The molecule has 1 unspecified atom stereocenters. The summed E-state index contributed by atoms with van der Waals surface area (Å²) in [4.78, 5) is 28.6. The van der Waals surface area contributed by atoms with Gasteiger partial charge in [0.05, 0.1) is 0 Å². The van der Waals surface area contributed by atoms with Gasteiger partial charge in [0.25, 0.3) is 5.91 Å². The summed E-state index contributed by atoms with van der Waals surface area (Å²) >= 11 is 0. The van der Waals surface area contributed by atoms with E-state index in [0.717, 1.165) is 24.5 Å². The van der Waals surface area contributed by atoms with Gasteiger partial charge in [0.15, 0.2) is 5.78 Å². The minimum Gasteiger partial charge on any atom is -0.339 e. The topological polar surface area (TPSA) is 40.6 Å². The van der Waals surface area contributed by atoms with E-state index in [2.05, 4.69) is 4.90 Å². The largest absolute Gasteiger partial charge is 0.339 e. The number of hydrogen-bond donors (Lipinski definition) is 0. The summed E-state index contributed by atoms with van der Waals surface area (Å²) in [6.45, 7) is 3.67. The monoisotopic (exact) mass is 492 g/mol. The number of nitrogens with zero attached hydrogens (tertiary/aromatic N) is 2. The number of piperidine rings is 1. The lowest BCUT2D eigenvalue weighted by molar-refractivity contribution is -0.114. The van der Waals surface area contributed by atoms with Crippen LogP contribution in [0.5, 0.6) is 0 Å². The number of hydrogen-bond acceptors (Lipinski definition) is 3. The summed E-state index contributed by atoms with van der Waals surface area (Å²) in [5.41, 5.74) is 2.36. The first-order valence-corrected chi connectivity index (χ1v) is 12.1. The van der Waals surface area contributed by atoms with Crippen LogP contribution in [0.15, 0.2) is 66.7 Å². The molecule has 0 radical (unpaired) electrons. The molecular formula is C29H27F3N2O2. The fourth-order valence-electron chi connectivity index (χ4n) is 5.70. The molecule has 2 saturated heterocycles. The number of halogens is 3. The Hall–Kier alpha value is -3.45. The second-order valence-electron chi connectivity index (χ2n) is 9.88. The van der Waals surface area contributed by atoms with Gasteiger partial charge < -0.3 is 4.90 Å². The Morgan fingerprint density at radius 1 is 0.861 bits per heavy atom. The highest BCUT2D eigenvalue weighted by Gasteiger charge is 2.54. The minimum absolute atomic E-state index is 0.0456. The average molecular weight is 493 g/mol. The maximum Gasteiger partial charge on any atom is 0.253 e. The number of Topliss-reactive ketones (excluding diaryl/α,β-unsaturated/α-hetero) is 1. The standard InChI is InChI=1S/C29H27F3N2O2/c1-19(35)20-2-4-22(5-3-20)28(36)33-14-12-29(13-15-33)18-34(17-23-8-11-25(31)16-26(23)32)27(29)21-6-9-24(30)10-7-21/h2-11,16,27H,12-15,17-18H2,1H3. The number of rotatable bonds is 5. The molecule has 1 atom stereocenters. The van der Waals surface area contributed by atoms with Crippen LogP contribution in [0.4, 0.5) is 13.2 Å². The molecule has 2 heterocycles. The number of amides is 1. The van der Waals surface area contributed by atoms with Gasteiger partial charge in [0.2, 0.25) is 0 Å². The molecule has 5 rings (SSSR count). The summed E-state index contributed by atoms with van der Waals surface area (Å²) < 4.78 is 41.4. The molecule has 2 aliphatic heterocycles. The molecule has 0 aliphatic carbocycles. The number of carbonyl (C=O) groups is 2. The molecule has 36 heavy (non-hydrogen) atoms. The molecule has 0 N–H and O–H groups in total. The van der Waals surface area contributed by atoms with Crippen LogP contribution in [0.1, 0.15) is 57.7 Å². The van der Waals surface area contributed by atoms with Gasteiger partial charge in [-0.2, -0.15) is 0 Å². The molecule has 0 saturated carbocycles. The molecule has 186 valence electrons. The van der Waals surface area contributed by atoms with Gasteiger partial charge in [-0.3, -0.25) is 14.5 Å². The van der Waals surface area contributed by atoms with Crippen molar-refractivity contribution in [2.24, 2.45) is 5.41 Å². The van der Waals surface area contributed by atoms with Crippen molar-refractivity contribution in [2.75, 3.05) is 19.6 Å². The Labute approximate surface area is 208 Å². The van der Waals surface area contributed by atoms with Crippen LogP contribution in [-0.4, -0.2) is 41.1 Å². The first kappa shape index (κ1) is 24.3. The maximum atomic E-state index is 14.4. The predicted octanol–water partition coefficient (Wildman–Crippen LogP) is 5.79. The molecule has 1 amide bonds. The summed E-state index contributed by atoms with van der Waals surface area (Å²) in [5.74, 6) is -1.62. The zero-order valence-electron chi connectivity index (χ0n) is 20.0. The van der Waals surface area contributed by atoms with Crippen LogP contribution in [0.2, 0.25) is 0 Å². The summed E-state index contributed by atoms with van der Waals surface area (Å²) in [5, 5.41) is 0. The van der Waals surface area contributed by atoms with Crippen molar-refractivity contribution in [3.05, 3.63) is 106 Å². The van der Waals surface area contributed by atoms with Gasteiger partial charge in [-0.15, -0.1) is 0 Å². The van der Waals surface area contributed by atoms with Gasteiger partial charge >= 0.3 is 0 Å². The lowest BCUT2D eigenvalue weighted by atomic mass is 9.63. The molecule has 2 aliphatic rings. The van der Waals surface area contributed by atoms with Crippen LogP contribution < -0.4 is 0 Å². The van der Waals surface area contributed by atoms with Gasteiger partial charge in [0.1, 0.15) is 17.5 Å². The van der Waals surface area contributed by atoms with Gasteiger partial charge in [-0.1, -0.05) is 30.3 Å². The van der Waals surface area contributed by atoms with E-state index in [9.17, 15) is 22.8 Å². The Morgan fingerprint density at radius 3 is 2.08 bits per heavy atom.